The fourth-order valence-corrected chi connectivity index (χ4v) is 4.51. The lowest BCUT2D eigenvalue weighted by atomic mass is 9.77. The minimum Gasteiger partial charge on any atom is -0.342 e. The van der Waals surface area contributed by atoms with E-state index >= 15 is 0 Å². The molecule has 2 aliphatic carbocycles. The maximum absolute atomic E-state index is 13.2. The minimum atomic E-state index is -0.667. The molecule has 1 aromatic rings. The number of carbonyl (C=O) groups excluding carboxylic acids is 2. The Kier molecular flexibility index (Phi) is 4.86. The molecule has 2 saturated carbocycles. The molecule has 1 N–H and O–H groups in total. The number of aromatic nitrogens is 1. The molecule has 2 amide bonds. The topological polar surface area (TPSA) is 86.1 Å². The third kappa shape index (κ3) is 3.69. The zero-order valence-electron chi connectivity index (χ0n) is 15.6. The molecular formula is C21H26N4O2. The number of amides is 2. The van der Waals surface area contributed by atoms with Crippen LogP contribution in [-0.2, 0) is 9.59 Å². The Morgan fingerprint density at radius 1 is 1.19 bits per heavy atom. The quantitative estimate of drug-likeness (QED) is 0.886. The molecule has 3 atom stereocenters. The summed E-state index contributed by atoms with van der Waals surface area (Å²) in [6, 6.07) is 8.12. The summed E-state index contributed by atoms with van der Waals surface area (Å²) in [5.41, 5.74) is 0.371. The normalized spacial score (nSPS) is 29.0. The Balaban J connectivity index is 1.42. The van der Waals surface area contributed by atoms with Crippen LogP contribution in [0.2, 0.25) is 0 Å². The maximum atomic E-state index is 13.2. The molecule has 4 rings (SSSR count). The molecule has 0 radical (unpaired) electrons. The second kappa shape index (κ2) is 7.30. The summed E-state index contributed by atoms with van der Waals surface area (Å²) in [6.45, 7) is 1.41. The van der Waals surface area contributed by atoms with Crippen molar-refractivity contribution < 1.29 is 9.59 Å². The van der Waals surface area contributed by atoms with Crippen molar-refractivity contribution in [1.82, 2.24) is 15.2 Å². The molecule has 1 aliphatic heterocycles. The molecule has 6 heteroatoms. The van der Waals surface area contributed by atoms with E-state index in [0.29, 0.717) is 6.54 Å². The predicted octanol–water partition coefficient (Wildman–Crippen LogP) is 2.38. The molecule has 27 heavy (non-hydrogen) atoms. The molecule has 0 aromatic carbocycles. The summed E-state index contributed by atoms with van der Waals surface area (Å²) < 4.78 is 0. The van der Waals surface area contributed by atoms with Crippen molar-refractivity contribution >= 4 is 11.8 Å². The zero-order valence-corrected chi connectivity index (χ0v) is 15.6. The van der Waals surface area contributed by atoms with Crippen LogP contribution in [0, 0.1) is 23.2 Å². The van der Waals surface area contributed by atoms with Crippen LogP contribution >= 0.6 is 0 Å². The standard InChI is InChI=1S/C21H26N4O2/c22-14-21(9-10-21)24-19(26)16-5-1-2-6-17(16)20(27)25-12-8-15(13-25)18-7-3-4-11-23-18/h3-4,7,11,15-17H,1-2,5-6,8-10,12-13H2,(H,24,26)/t15?,16?,17-/m1/s1. The highest BCUT2D eigenvalue weighted by atomic mass is 16.2. The largest absolute Gasteiger partial charge is 0.342 e. The van der Waals surface area contributed by atoms with Crippen LogP contribution in [0.3, 0.4) is 0 Å². The monoisotopic (exact) mass is 366 g/mol. The average Bonchev–Trinajstić information content (AvgIpc) is 3.31. The van der Waals surface area contributed by atoms with Crippen LogP contribution in [-0.4, -0.2) is 40.3 Å². The Morgan fingerprint density at radius 2 is 1.96 bits per heavy atom. The summed E-state index contributed by atoms with van der Waals surface area (Å²) in [6.07, 6.45) is 7.62. The lowest BCUT2D eigenvalue weighted by Gasteiger charge is -2.33. The van der Waals surface area contributed by atoms with E-state index in [1.54, 1.807) is 6.20 Å². The number of carbonyl (C=O) groups is 2. The van der Waals surface area contributed by atoms with Gasteiger partial charge in [-0.3, -0.25) is 14.6 Å². The Hall–Kier alpha value is -2.42. The van der Waals surface area contributed by atoms with Crippen molar-refractivity contribution in [3.8, 4) is 6.07 Å². The highest BCUT2D eigenvalue weighted by Gasteiger charge is 2.47. The predicted molar refractivity (Wildman–Crippen MR) is 99.3 cm³/mol. The van der Waals surface area contributed by atoms with Gasteiger partial charge in [-0.15, -0.1) is 0 Å². The van der Waals surface area contributed by atoms with Crippen LogP contribution in [0.4, 0.5) is 0 Å². The summed E-state index contributed by atoms with van der Waals surface area (Å²) >= 11 is 0. The molecule has 0 spiro atoms. The number of hydrogen-bond acceptors (Lipinski definition) is 4. The highest BCUT2D eigenvalue weighted by Crippen LogP contribution is 2.38. The number of hydrogen-bond donors (Lipinski definition) is 1. The van der Waals surface area contributed by atoms with E-state index in [-0.39, 0.29) is 29.6 Å². The van der Waals surface area contributed by atoms with Gasteiger partial charge in [-0.25, -0.2) is 0 Å². The first-order chi connectivity index (χ1) is 13.1. The molecule has 6 nitrogen and oxygen atoms in total. The third-order valence-electron chi connectivity index (χ3n) is 6.35. The Morgan fingerprint density at radius 3 is 2.63 bits per heavy atom. The molecule has 1 saturated heterocycles. The molecule has 1 aromatic heterocycles. The van der Waals surface area contributed by atoms with Gasteiger partial charge in [0.15, 0.2) is 0 Å². The van der Waals surface area contributed by atoms with Crippen LogP contribution < -0.4 is 5.32 Å². The fraction of sp³-hybridized carbons (Fsp3) is 0.619. The molecule has 142 valence electrons. The van der Waals surface area contributed by atoms with Crippen molar-refractivity contribution in [1.29, 1.82) is 5.26 Å². The Labute approximate surface area is 159 Å². The molecule has 3 aliphatic rings. The minimum absolute atomic E-state index is 0.104. The smallest absolute Gasteiger partial charge is 0.226 e. The number of nitrogens with zero attached hydrogens (tertiary/aromatic N) is 3. The van der Waals surface area contributed by atoms with Gasteiger partial charge in [0.25, 0.3) is 0 Å². The number of likely N-dealkylation sites (tertiary alicyclic amines) is 1. The van der Waals surface area contributed by atoms with Crippen molar-refractivity contribution in [3.05, 3.63) is 30.1 Å². The van der Waals surface area contributed by atoms with Crippen LogP contribution in [0.5, 0.6) is 0 Å². The maximum Gasteiger partial charge on any atom is 0.226 e. The van der Waals surface area contributed by atoms with E-state index in [9.17, 15) is 14.9 Å². The summed E-state index contributed by atoms with van der Waals surface area (Å²) in [7, 11) is 0. The summed E-state index contributed by atoms with van der Waals surface area (Å²) in [5.74, 6) is -0.274. The third-order valence-corrected chi connectivity index (χ3v) is 6.35. The van der Waals surface area contributed by atoms with Gasteiger partial charge in [0.2, 0.25) is 11.8 Å². The molecule has 2 unspecified atom stereocenters. The Bertz CT molecular complexity index is 753. The van der Waals surface area contributed by atoms with Gasteiger partial charge in [-0.1, -0.05) is 18.9 Å². The average molecular weight is 366 g/mol. The zero-order chi connectivity index (χ0) is 18.9. The molecule has 0 bridgehead atoms. The van der Waals surface area contributed by atoms with Gasteiger partial charge >= 0.3 is 0 Å². The number of nitriles is 1. The lowest BCUT2D eigenvalue weighted by molar-refractivity contribution is -0.143. The van der Waals surface area contributed by atoms with Gasteiger partial charge in [-0.05, 0) is 44.2 Å². The first-order valence-corrected chi connectivity index (χ1v) is 10.0. The van der Waals surface area contributed by atoms with E-state index in [1.165, 1.54) is 0 Å². The van der Waals surface area contributed by atoms with E-state index in [0.717, 1.165) is 57.2 Å². The number of rotatable bonds is 4. The molecule has 2 heterocycles. The first-order valence-electron chi connectivity index (χ1n) is 10.0. The second-order valence-electron chi connectivity index (χ2n) is 8.21. The molecule has 3 fully saturated rings. The van der Waals surface area contributed by atoms with E-state index in [4.69, 9.17) is 0 Å². The van der Waals surface area contributed by atoms with Crippen molar-refractivity contribution in [3.63, 3.8) is 0 Å². The summed E-state index contributed by atoms with van der Waals surface area (Å²) in [5, 5.41) is 12.2. The first kappa shape index (κ1) is 18.0. The van der Waals surface area contributed by atoms with E-state index in [2.05, 4.69) is 16.4 Å². The summed E-state index contributed by atoms with van der Waals surface area (Å²) in [4.78, 5) is 32.3. The van der Waals surface area contributed by atoms with Crippen molar-refractivity contribution in [2.24, 2.45) is 11.8 Å². The van der Waals surface area contributed by atoms with Crippen LogP contribution in [0.25, 0.3) is 0 Å². The number of pyridine rings is 1. The van der Waals surface area contributed by atoms with E-state index < -0.39 is 5.54 Å². The van der Waals surface area contributed by atoms with Gasteiger partial charge in [0.05, 0.1) is 6.07 Å². The molecular weight excluding hydrogens is 340 g/mol. The fourth-order valence-electron chi connectivity index (χ4n) is 4.51. The SMILES string of the molecule is N#CC1(NC(=O)C2CCCC[C@H]2C(=O)N2CCC(c3ccccn3)C2)CC1. The van der Waals surface area contributed by atoms with Crippen molar-refractivity contribution in [2.75, 3.05) is 13.1 Å². The van der Waals surface area contributed by atoms with Gasteiger partial charge < -0.3 is 10.2 Å². The van der Waals surface area contributed by atoms with Crippen LogP contribution in [0.1, 0.15) is 56.6 Å². The lowest BCUT2D eigenvalue weighted by Crippen LogP contribution is -2.47. The van der Waals surface area contributed by atoms with Crippen molar-refractivity contribution in [2.45, 2.75) is 56.4 Å². The highest BCUT2D eigenvalue weighted by molar-refractivity contribution is 5.89. The van der Waals surface area contributed by atoms with E-state index in [1.807, 2.05) is 23.1 Å². The van der Waals surface area contributed by atoms with Crippen LogP contribution in [0.15, 0.2) is 24.4 Å². The second-order valence-corrected chi connectivity index (χ2v) is 8.21. The van der Waals surface area contributed by atoms with Gasteiger partial charge in [-0.2, -0.15) is 5.26 Å². The van der Waals surface area contributed by atoms with Gasteiger partial charge in [0.1, 0.15) is 5.54 Å². The van der Waals surface area contributed by atoms with Gasteiger partial charge in [0, 0.05) is 42.7 Å². The number of nitrogens with one attached hydrogen (secondary N) is 1.